The number of nitrogens with zero attached hydrogens (tertiary/aromatic N) is 1. The van der Waals surface area contributed by atoms with E-state index in [0.717, 1.165) is 31.1 Å². The van der Waals surface area contributed by atoms with Crippen LogP contribution in [0.1, 0.15) is 33.3 Å². The van der Waals surface area contributed by atoms with Crippen LogP contribution in [0.3, 0.4) is 0 Å². The third-order valence-electron chi connectivity index (χ3n) is 2.74. The van der Waals surface area contributed by atoms with Gasteiger partial charge in [0.2, 0.25) is 0 Å². The third kappa shape index (κ3) is 4.27. The van der Waals surface area contributed by atoms with Gasteiger partial charge < -0.3 is 10.5 Å². The lowest BCUT2D eigenvalue weighted by molar-refractivity contribution is 0.231. The number of rotatable bonds is 6. The number of hydrogen-bond acceptors (Lipinski definition) is 3. The van der Waals surface area contributed by atoms with E-state index in [1.807, 2.05) is 32.0 Å². The van der Waals surface area contributed by atoms with E-state index in [1.165, 1.54) is 5.56 Å². The number of benzene rings is 1. The van der Waals surface area contributed by atoms with E-state index in [-0.39, 0.29) is 6.10 Å². The summed E-state index contributed by atoms with van der Waals surface area (Å²) in [5, 5.41) is 0. The van der Waals surface area contributed by atoms with Crippen molar-refractivity contribution in [3.8, 4) is 5.75 Å². The molecule has 3 heteroatoms. The topological polar surface area (TPSA) is 38.5 Å². The van der Waals surface area contributed by atoms with Crippen LogP contribution >= 0.6 is 0 Å². The van der Waals surface area contributed by atoms with Gasteiger partial charge in [-0.3, -0.25) is 4.90 Å². The average Bonchev–Trinajstić information content (AvgIpc) is 2.28. The lowest BCUT2D eigenvalue weighted by Gasteiger charge is -2.21. The van der Waals surface area contributed by atoms with E-state index in [9.17, 15) is 0 Å². The van der Waals surface area contributed by atoms with Crippen LogP contribution in [0.25, 0.3) is 0 Å². The van der Waals surface area contributed by atoms with E-state index in [2.05, 4.69) is 18.7 Å². The lowest BCUT2D eigenvalue weighted by Crippen LogP contribution is -2.23. The van der Waals surface area contributed by atoms with Crippen molar-refractivity contribution in [1.82, 2.24) is 4.90 Å². The minimum absolute atomic E-state index is 0.189. The first-order valence-electron chi connectivity index (χ1n) is 6.34. The summed E-state index contributed by atoms with van der Waals surface area (Å²) in [4.78, 5) is 2.35. The Hall–Kier alpha value is -1.22. The van der Waals surface area contributed by atoms with Gasteiger partial charge in [-0.2, -0.15) is 0 Å². The Balaban J connectivity index is 2.90. The molecule has 0 aliphatic carbocycles. The first kappa shape index (κ1) is 13.8. The van der Waals surface area contributed by atoms with E-state index in [1.54, 1.807) is 0 Å². The third-order valence-corrected chi connectivity index (χ3v) is 2.74. The highest BCUT2D eigenvalue weighted by atomic mass is 16.5. The van der Waals surface area contributed by atoms with Gasteiger partial charge in [0, 0.05) is 17.8 Å². The minimum atomic E-state index is 0.189. The molecule has 0 atom stereocenters. The number of nitrogen functional groups attached to an aromatic ring is 1. The Morgan fingerprint density at radius 3 is 2.41 bits per heavy atom. The highest BCUT2D eigenvalue weighted by Gasteiger charge is 2.09. The quantitative estimate of drug-likeness (QED) is 0.772. The van der Waals surface area contributed by atoms with Crippen molar-refractivity contribution in [2.24, 2.45) is 0 Å². The molecule has 1 aromatic carbocycles. The summed E-state index contributed by atoms with van der Waals surface area (Å²) in [6, 6.07) is 5.87. The Morgan fingerprint density at radius 2 is 1.88 bits per heavy atom. The van der Waals surface area contributed by atoms with E-state index < -0.39 is 0 Å². The number of anilines is 1. The SMILES string of the molecule is CCN(CC)Cc1cc(N)ccc1OC(C)C. The van der Waals surface area contributed by atoms with Gasteiger partial charge in [0.25, 0.3) is 0 Å². The Bertz CT molecular complexity index is 346. The molecule has 0 bridgehead atoms. The molecule has 0 fully saturated rings. The van der Waals surface area contributed by atoms with Crippen molar-refractivity contribution >= 4 is 5.69 Å². The van der Waals surface area contributed by atoms with Crippen LogP contribution in [0.15, 0.2) is 18.2 Å². The van der Waals surface area contributed by atoms with Gasteiger partial charge in [0.1, 0.15) is 5.75 Å². The van der Waals surface area contributed by atoms with Gasteiger partial charge in [-0.25, -0.2) is 0 Å². The Labute approximate surface area is 105 Å². The van der Waals surface area contributed by atoms with Gasteiger partial charge in [0.15, 0.2) is 0 Å². The van der Waals surface area contributed by atoms with Gasteiger partial charge in [-0.05, 0) is 45.1 Å². The molecule has 1 aromatic rings. The van der Waals surface area contributed by atoms with E-state index in [4.69, 9.17) is 10.5 Å². The van der Waals surface area contributed by atoms with Crippen LogP contribution in [-0.4, -0.2) is 24.1 Å². The summed E-state index contributed by atoms with van der Waals surface area (Å²) < 4.78 is 5.81. The molecule has 0 amide bonds. The van der Waals surface area contributed by atoms with Gasteiger partial charge in [0.05, 0.1) is 6.10 Å². The normalized spacial score (nSPS) is 11.2. The van der Waals surface area contributed by atoms with E-state index in [0.29, 0.717) is 0 Å². The molecule has 0 saturated carbocycles. The molecule has 17 heavy (non-hydrogen) atoms. The van der Waals surface area contributed by atoms with Crippen molar-refractivity contribution in [3.05, 3.63) is 23.8 Å². The summed E-state index contributed by atoms with van der Waals surface area (Å²) >= 11 is 0. The zero-order valence-corrected chi connectivity index (χ0v) is 11.4. The second-order valence-corrected chi connectivity index (χ2v) is 4.50. The highest BCUT2D eigenvalue weighted by molar-refractivity contribution is 5.47. The van der Waals surface area contributed by atoms with Crippen LogP contribution in [0.5, 0.6) is 5.75 Å². The zero-order chi connectivity index (χ0) is 12.8. The van der Waals surface area contributed by atoms with Crippen molar-refractivity contribution in [1.29, 1.82) is 0 Å². The summed E-state index contributed by atoms with van der Waals surface area (Å²) in [6.07, 6.45) is 0.189. The second-order valence-electron chi connectivity index (χ2n) is 4.50. The molecule has 0 spiro atoms. The van der Waals surface area contributed by atoms with Crippen molar-refractivity contribution in [3.63, 3.8) is 0 Å². The molecule has 0 heterocycles. The largest absolute Gasteiger partial charge is 0.491 e. The molecule has 0 aliphatic rings. The van der Waals surface area contributed by atoms with Crippen LogP contribution in [0.4, 0.5) is 5.69 Å². The van der Waals surface area contributed by atoms with Gasteiger partial charge >= 0.3 is 0 Å². The molecule has 0 radical (unpaired) electrons. The molecule has 0 saturated heterocycles. The fraction of sp³-hybridized carbons (Fsp3) is 0.571. The summed E-state index contributed by atoms with van der Waals surface area (Å²) in [5.41, 5.74) is 7.81. The maximum Gasteiger partial charge on any atom is 0.124 e. The Kier molecular flexibility index (Phi) is 5.29. The van der Waals surface area contributed by atoms with Crippen LogP contribution < -0.4 is 10.5 Å². The van der Waals surface area contributed by atoms with Crippen molar-refractivity contribution in [2.75, 3.05) is 18.8 Å². The molecule has 96 valence electrons. The lowest BCUT2D eigenvalue weighted by atomic mass is 10.1. The molecule has 0 unspecified atom stereocenters. The van der Waals surface area contributed by atoms with Crippen LogP contribution in [0.2, 0.25) is 0 Å². The molecule has 2 N–H and O–H groups in total. The smallest absolute Gasteiger partial charge is 0.124 e. The summed E-state index contributed by atoms with van der Waals surface area (Å²) in [6.45, 7) is 11.4. The highest BCUT2D eigenvalue weighted by Crippen LogP contribution is 2.24. The predicted octanol–water partition coefficient (Wildman–Crippen LogP) is 2.90. The molecule has 0 aromatic heterocycles. The average molecular weight is 236 g/mol. The molecule has 1 rings (SSSR count). The van der Waals surface area contributed by atoms with Gasteiger partial charge in [-0.1, -0.05) is 13.8 Å². The first-order chi connectivity index (χ1) is 8.06. The van der Waals surface area contributed by atoms with Gasteiger partial charge in [-0.15, -0.1) is 0 Å². The maximum absolute atomic E-state index is 5.84. The summed E-state index contributed by atoms with van der Waals surface area (Å²) in [7, 11) is 0. The predicted molar refractivity (Wildman–Crippen MR) is 73.2 cm³/mol. The Morgan fingerprint density at radius 1 is 1.24 bits per heavy atom. The second kappa shape index (κ2) is 6.50. The number of ether oxygens (including phenoxy) is 1. The standard InChI is InChI=1S/C14H24N2O/c1-5-16(6-2)10-12-9-13(15)7-8-14(12)17-11(3)4/h7-9,11H,5-6,10,15H2,1-4H3. The van der Waals surface area contributed by atoms with Crippen LogP contribution in [-0.2, 0) is 6.54 Å². The zero-order valence-electron chi connectivity index (χ0n) is 11.4. The van der Waals surface area contributed by atoms with Crippen molar-refractivity contribution < 1.29 is 4.74 Å². The molecular formula is C14H24N2O. The van der Waals surface area contributed by atoms with E-state index >= 15 is 0 Å². The monoisotopic (exact) mass is 236 g/mol. The molecule has 0 aliphatic heterocycles. The fourth-order valence-electron chi connectivity index (χ4n) is 1.78. The number of hydrogen-bond donors (Lipinski definition) is 1. The fourth-order valence-corrected chi connectivity index (χ4v) is 1.78. The molecule has 3 nitrogen and oxygen atoms in total. The maximum atomic E-state index is 5.84. The summed E-state index contributed by atoms with van der Waals surface area (Å²) in [5.74, 6) is 0.945. The number of nitrogens with two attached hydrogens (primary N) is 1. The van der Waals surface area contributed by atoms with Crippen molar-refractivity contribution in [2.45, 2.75) is 40.3 Å². The molecular weight excluding hydrogens is 212 g/mol. The first-order valence-corrected chi connectivity index (χ1v) is 6.34. The minimum Gasteiger partial charge on any atom is -0.491 e. The van der Waals surface area contributed by atoms with Crippen LogP contribution in [0, 0.1) is 0 Å².